The highest BCUT2D eigenvalue weighted by molar-refractivity contribution is 7.89. The van der Waals surface area contributed by atoms with Crippen LogP contribution >= 0.6 is 0 Å². The fourth-order valence-electron chi connectivity index (χ4n) is 1.49. The first-order chi connectivity index (χ1) is 9.11. The van der Waals surface area contributed by atoms with E-state index < -0.39 is 45.1 Å². The van der Waals surface area contributed by atoms with Crippen LogP contribution in [-0.2, 0) is 16.2 Å². The van der Waals surface area contributed by atoms with Crippen LogP contribution in [0.3, 0.4) is 0 Å². The van der Waals surface area contributed by atoms with Crippen molar-refractivity contribution in [1.82, 2.24) is 4.72 Å². The van der Waals surface area contributed by atoms with Crippen LogP contribution in [-0.4, -0.2) is 26.2 Å². The fraction of sp³-hybridized carbons (Fsp3) is 0.455. The minimum Gasteiger partial charge on any atom is -0.395 e. The van der Waals surface area contributed by atoms with E-state index in [0.29, 0.717) is 12.1 Å². The molecule has 9 heteroatoms. The van der Waals surface area contributed by atoms with Gasteiger partial charge in [0.15, 0.2) is 0 Å². The second kappa shape index (κ2) is 6.06. The molecule has 0 saturated carbocycles. The van der Waals surface area contributed by atoms with Gasteiger partial charge in [0, 0.05) is 6.04 Å². The number of hydrogen-bond donors (Lipinski definition) is 2. The Labute approximate surface area is 113 Å². The molecule has 4 nitrogen and oxygen atoms in total. The van der Waals surface area contributed by atoms with Crippen molar-refractivity contribution in [2.75, 3.05) is 6.61 Å². The molecule has 114 valence electrons. The first kappa shape index (κ1) is 16.9. The Hall–Kier alpha value is -1.19. The minimum atomic E-state index is -5.01. The Morgan fingerprint density at radius 2 is 1.95 bits per heavy atom. The quantitative estimate of drug-likeness (QED) is 0.816. The molecule has 0 heterocycles. The zero-order valence-electron chi connectivity index (χ0n) is 10.4. The lowest BCUT2D eigenvalue weighted by atomic mass is 10.2. The van der Waals surface area contributed by atoms with E-state index >= 15 is 0 Å². The lowest BCUT2D eigenvalue weighted by Crippen LogP contribution is -2.37. The molecule has 0 amide bonds. The molecule has 1 aromatic carbocycles. The standard InChI is InChI=1S/C11H13F4NO3S/c1-2-8(6-17)16-20(18,19)10-4-3-7(12)5-9(10)11(13,14)15/h3-5,8,16-17H,2,6H2,1H3. The van der Waals surface area contributed by atoms with Gasteiger partial charge in [0.05, 0.1) is 17.1 Å². The van der Waals surface area contributed by atoms with Crippen LogP contribution < -0.4 is 4.72 Å². The number of hydrogen-bond acceptors (Lipinski definition) is 3. The van der Waals surface area contributed by atoms with Crippen molar-refractivity contribution < 1.29 is 31.1 Å². The maximum absolute atomic E-state index is 12.9. The van der Waals surface area contributed by atoms with Crippen molar-refractivity contribution in [3.05, 3.63) is 29.6 Å². The maximum Gasteiger partial charge on any atom is 0.417 e. The number of rotatable bonds is 5. The fourth-order valence-corrected chi connectivity index (χ4v) is 3.01. The Morgan fingerprint density at radius 1 is 1.35 bits per heavy atom. The number of sulfonamides is 1. The summed E-state index contributed by atoms with van der Waals surface area (Å²) in [7, 11) is -4.51. The van der Waals surface area contributed by atoms with Crippen molar-refractivity contribution in [1.29, 1.82) is 0 Å². The van der Waals surface area contributed by atoms with Crippen LogP contribution in [0.15, 0.2) is 23.1 Å². The Morgan fingerprint density at radius 3 is 2.40 bits per heavy atom. The molecule has 1 rings (SSSR count). The molecule has 0 radical (unpaired) electrons. The first-order valence-electron chi connectivity index (χ1n) is 5.61. The van der Waals surface area contributed by atoms with E-state index in [2.05, 4.69) is 0 Å². The summed E-state index contributed by atoms with van der Waals surface area (Å²) in [5.41, 5.74) is -1.59. The van der Waals surface area contributed by atoms with Crippen molar-refractivity contribution >= 4 is 10.0 Å². The van der Waals surface area contributed by atoms with Gasteiger partial charge in [-0.05, 0) is 24.6 Å². The number of aliphatic hydroxyl groups is 1. The molecule has 0 bridgehead atoms. The van der Waals surface area contributed by atoms with E-state index in [9.17, 15) is 26.0 Å². The summed E-state index contributed by atoms with van der Waals surface area (Å²) in [4.78, 5) is -1.07. The number of aliphatic hydroxyl groups excluding tert-OH is 1. The molecule has 0 aliphatic carbocycles. The Bertz CT molecular complexity index is 568. The Kier molecular flexibility index (Phi) is 5.11. The van der Waals surface area contributed by atoms with Gasteiger partial charge in [0.25, 0.3) is 0 Å². The van der Waals surface area contributed by atoms with Gasteiger partial charge in [0.1, 0.15) is 5.82 Å². The van der Waals surface area contributed by atoms with Gasteiger partial charge < -0.3 is 5.11 Å². The monoisotopic (exact) mass is 315 g/mol. The van der Waals surface area contributed by atoms with E-state index in [4.69, 9.17) is 5.11 Å². The lowest BCUT2D eigenvalue weighted by molar-refractivity contribution is -0.140. The van der Waals surface area contributed by atoms with Gasteiger partial charge in [-0.1, -0.05) is 6.92 Å². The largest absolute Gasteiger partial charge is 0.417 e. The zero-order valence-corrected chi connectivity index (χ0v) is 11.2. The molecule has 0 aliphatic heterocycles. The van der Waals surface area contributed by atoms with E-state index in [-0.39, 0.29) is 12.5 Å². The summed E-state index contributed by atoms with van der Waals surface area (Å²) in [5, 5.41) is 8.90. The zero-order chi connectivity index (χ0) is 15.6. The van der Waals surface area contributed by atoms with Gasteiger partial charge in [0.2, 0.25) is 10.0 Å². The number of halogens is 4. The van der Waals surface area contributed by atoms with Crippen LogP contribution in [0.25, 0.3) is 0 Å². The molecular weight excluding hydrogens is 302 g/mol. The molecule has 20 heavy (non-hydrogen) atoms. The highest BCUT2D eigenvalue weighted by Crippen LogP contribution is 2.34. The van der Waals surface area contributed by atoms with Crippen LogP contribution in [0.2, 0.25) is 0 Å². The molecule has 2 N–H and O–H groups in total. The topological polar surface area (TPSA) is 66.4 Å². The van der Waals surface area contributed by atoms with Crippen LogP contribution in [0.4, 0.5) is 17.6 Å². The smallest absolute Gasteiger partial charge is 0.395 e. The van der Waals surface area contributed by atoms with Gasteiger partial charge in [-0.2, -0.15) is 13.2 Å². The van der Waals surface area contributed by atoms with Crippen molar-refractivity contribution in [3.8, 4) is 0 Å². The van der Waals surface area contributed by atoms with E-state index in [1.54, 1.807) is 6.92 Å². The summed E-state index contributed by atoms with van der Waals surface area (Å²) in [6.45, 7) is 0.997. The average molecular weight is 315 g/mol. The highest BCUT2D eigenvalue weighted by Gasteiger charge is 2.38. The predicted octanol–water partition coefficient (Wildman–Crippen LogP) is 1.89. The van der Waals surface area contributed by atoms with Gasteiger partial charge in [-0.25, -0.2) is 17.5 Å². The van der Waals surface area contributed by atoms with Crippen LogP contribution in [0.5, 0.6) is 0 Å². The van der Waals surface area contributed by atoms with Gasteiger partial charge in [-0.3, -0.25) is 0 Å². The number of alkyl halides is 3. The van der Waals surface area contributed by atoms with Crippen molar-refractivity contribution in [2.24, 2.45) is 0 Å². The first-order valence-corrected chi connectivity index (χ1v) is 7.10. The SMILES string of the molecule is CCC(CO)NS(=O)(=O)c1ccc(F)cc1C(F)(F)F. The maximum atomic E-state index is 12.9. The molecular formula is C11H13F4NO3S. The summed E-state index contributed by atoms with van der Waals surface area (Å²) in [6, 6.07) is 0.383. The predicted molar refractivity (Wildman–Crippen MR) is 62.9 cm³/mol. The molecule has 0 fully saturated rings. The van der Waals surface area contributed by atoms with E-state index in [1.807, 2.05) is 4.72 Å². The molecule has 1 unspecified atom stereocenters. The molecule has 0 spiro atoms. The lowest BCUT2D eigenvalue weighted by Gasteiger charge is -2.17. The normalized spacial score (nSPS) is 14.3. The third-order valence-corrected chi connectivity index (χ3v) is 4.15. The Balaban J connectivity index is 3.32. The highest BCUT2D eigenvalue weighted by atomic mass is 32.2. The van der Waals surface area contributed by atoms with Crippen molar-refractivity contribution in [3.63, 3.8) is 0 Å². The summed E-state index contributed by atoms with van der Waals surface area (Å²) in [5.74, 6) is -1.19. The van der Waals surface area contributed by atoms with E-state index in [1.165, 1.54) is 0 Å². The third kappa shape index (κ3) is 3.90. The minimum absolute atomic E-state index is 0.120. The summed E-state index contributed by atoms with van der Waals surface area (Å²) >= 11 is 0. The number of benzene rings is 1. The average Bonchev–Trinajstić information content (AvgIpc) is 2.34. The third-order valence-electron chi connectivity index (χ3n) is 2.57. The van der Waals surface area contributed by atoms with Crippen molar-refractivity contribution in [2.45, 2.75) is 30.5 Å². The molecule has 1 aromatic rings. The number of nitrogens with one attached hydrogen (secondary N) is 1. The molecule has 0 aromatic heterocycles. The second-order valence-corrected chi connectivity index (χ2v) is 5.73. The molecule has 0 aliphatic rings. The summed E-state index contributed by atoms with van der Waals surface area (Å²) < 4.78 is 76.9. The van der Waals surface area contributed by atoms with Crippen LogP contribution in [0.1, 0.15) is 18.9 Å². The second-order valence-electron chi connectivity index (χ2n) is 4.05. The summed E-state index contributed by atoms with van der Waals surface area (Å²) in [6.07, 6.45) is -4.81. The van der Waals surface area contributed by atoms with Gasteiger partial charge >= 0.3 is 6.18 Å². The van der Waals surface area contributed by atoms with Gasteiger partial charge in [-0.15, -0.1) is 0 Å². The van der Waals surface area contributed by atoms with Crippen LogP contribution in [0, 0.1) is 5.82 Å². The van der Waals surface area contributed by atoms with E-state index in [0.717, 1.165) is 0 Å². The molecule has 0 saturated heterocycles. The molecule has 1 atom stereocenters.